The fourth-order valence-electron chi connectivity index (χ4n) is 1.58. The highest BCUT2D eigenvalue weighted by Crippen LogP contribution is 2.23. The van der Waals surface area contributed by atoms with Gasteiger partial charge in [0.1, 0.15) is 6.07 Å². The zero-order valence-electron chi connectivity index (χ0n) is 10.7. The van der Waals surface area contributed by atoms with E-state index < -0.39 is 0 Å². The number of benzene rings is 1. The van der Waals surface area contributed by atoms with Crippen LogP contribution in [-0.4, -0.2) is 25.5 Å². The van der Waals surface area contributed by atoms with Gasteiger partial charge in [0.25, 0.3) is 0 Å². The Bertz CT molecular complexity index is 480. The number of carbonyl (C=O) groups excluding carboxylic acids is 1. The Kier molecular flexibility index (Phi) is 4.99. The maximum atomic E-state index is 11.7. The van der Waals surface area contributed by atoms with Gasteiger partial charge in [0.2, 0.25) is 5.91 Å². The van der Waals surface area contributed by atoms with E-state index in [-0.39, 0.29) is 18.5 Å². The maximum Gasteiger partial charge on any atom is 0.239 e. The second-order valence-corrected chi connectivity index (χ2v) is 4.79. The minimum atomic E-state index is -0.0867. The summed E-state index contributed by atoms with van der Waals surface area (Å²) < 4.78 is 0. The molecule has 0 unspecified atom stereocenters. The van der Waals surface area contributed by atoms with E-state index in [1.54, 1.807) is 30.1 Å². The molecule has 96 valence electrons. The third kappa shape index (κ3) is 3.94. The minimum absolute atomic E-state index is 0.0867. The van der Waals surface area contributed by atoms with Crippen LogP contribution >= 0.6 is 11.6 Å². The second kappa shape index (κ2) is 6.27. The third-order valence-corrected chi connectivity index (χ3v) is 2.56. The highest BCUT2D eigenvalue weighted by Gasteiger charge is 2.12. The maximum absolute atomic E-state index is 11.7. The lowest BCUT2D eigenvalue weighted by Crippen LogP contribution is -2.38. The normalized spacial score (nSPS) is 10.0. The predicted molar refractivity (Wildman–Crippen MR) is 72.7 cm³/mol. The molecule has 0 bridgehead atoms. The van der Waals surface area contributed by atoms with Crippen LogP contribution in [0.15, 0.2) is 18.2 Å². The molecule has 1 rings (SSSR count). The van der Waals surface area contributed by atoms with E-state index in [1.807, 2.05) is 13.8 Å². The van der Waals surface area contributed by atoms with Gasteiger partial charge < -0.3 is 10.2 Å². The van der Waals surface area contributed by atoms with Crippen LogP contribution in [-0.2, 0) is 4.79 Å². The van der Waals surface area contributed by atoms with Crippen molar-refractivity contribution in [1.29, 1.82) is 5.26 Å². The van der Waals surface area contributed by atoms with Gasteiger partial charge in [-0.15, -0.1) is 0 Å². The van der Waals surface area contributed by atoms with Crippen molar-refractivity contribution < 1.29 is 4.79 Å². The van der Waals surface area contributed by atoms with Crippen molar-refractivity contribution in [1.82, 2.24) is 5.32 Å². The highest BCUT2D eigenvalue weighted by molar-refractivity contribution is 6.30. The van der Waals surface area contributed by atoms with E-state index >= 15 is 0 Å². The first-order chi connectivity index (χ1) is 8.43. The van der Waals surface area contributed by atoms with E-state index in [2.05, 4.69) is 11.4 Å². The highest BCUT2D eigenvalue weighted by atomic mass is 35.5. The number of hydrogen-bond donors (Lipinski definition) is 1. The molecule has 0 fully saturated rings. The van der Waals surface area contributed by atoms with Crippen LogP contribution in [0.2, 0.25) is 5.02 Å². The molecule has 0 aliphatic rings. The average molecular weight is 266 g/mol. The van der Waals surface area contributed by atoms with Gasteiger partial charge in [-0.25, -0.2) is 0 Å². The monoisotopic (exact) mass is 265 g/mol. The summed E-state index contributed by atoms with van der Waals surface area (Å²) in [4.78, 5) is 13.4. The Morgan fingerprint density at radius 2 is 2.22 bits per heavy atom. The molecule has 1 aromatic carbocycles. The Morgan fingerprint density at radius 1 is 1.56 bits per heavy atom. The molecule has 0 heterocycles. The first-order valence-electron chi connectivity index (χ1n) is 5.64. The molecule has 5 heteroatoms. The second-order valence-electron chi connectivity index (χ2n) is 4.35. The molecule has 18 heavy (non-hydrogen) atoms. The van der Waals surface area contributed by atoms with Gasteiger partial charge in [-0.3, -0.25) is 4.79 Å². The van der Waals surface area contributed by atoms with Crippen LogP contribution < -0.4 is 10.2 Å². The van der Waals surface area contributed by atoms with Crippen LogP contribution in [0.1, 0.15) is 19.4 Å². The fraction of sp³-hybridized carbons (Fsp3) is 0.385. The van der Waals surface area contributed by atoms with Gasteiger partial charge in [-0.1, -0.05) is 11.6 Å². The number of rotatable bonds is 4. The van der Waals surface area contributed by atoms with Gasteiger partial charge in [0, 0.05) is 18.1 Å². The van der Waals surface area contributed by atoms with Crippen molar-refractivity contribution in [2.45, 2.75) is 19.9 Å². The summed E-state index contributed by atoms with van der Waals surface area (Å²) in [5, 5.41) is 12.4. The van der Waals surface area contributed by atoms with Crippen molar-refractivity contribution in [3.05, 3.63) is 28.8 Å². The number of anilines is 1. The summed E-state index contributed by atoms with van der Waals surface area (Å²) in [7, 11) is 1.76. The van der Waals surface area contributed by atoms with Gasteiger partial charge >= 0.3 is 0 Å². The largest absolute Gasteiger partial charge is 0.364 e. The van der Waals surface area contributed by atoms with Gasteiger partial charge in [0.15, 0.2) is 0 Å². The summed E-state index contributed by atoms with van der Waals surface area (Å²) in [6, 6.07) is 7.17. The zero-order valence-corrected chi connectivity index (χ0v) is 11.5. The third-order valence-electron chi connectivity index (χ3n) is 2.32. The average Bonchev–Trinajstić information content (AvgIpc) is 2.27. The molecule has 0 radical (unpaired) electrons. The Morgan fingerprint density at radius 3 is 2.78 bits per heavy atom. The SMILES string of the molecule is CC(C)NC(=O)CN(C)c1cc(Cl)ccc1C#N. The summed E-state index contributed by atoms with van der Waals surface area (Å²) >= 11 is 5.90. The molecule has 0 aliphatic carbocycles. The summed E-state index contributed by atoms with van der Waals surface area (Å²) in [5.74, 6) is -0.0867. The molecule has 1 aromatic rings. The number of amides is 1. The van der Waals surface area contributed by atoms with Gasteiger partial charge in [-0.2, -0.15) is 5.26 Å². The Balaban J connectivity index is 2.84. The number of nitrogens with one attached hydrogen (secondary N) is 1. The first kappa shape index (κ1) is 14.3. The van der Waals surface area contributed by atoms with E-state index in [0.29, 0.717) is 16.3 Å². The molecular weight excluding hydrogens is 250 g/mol. The molecular formula is C13H16ClN3O. The number of halogens is 1. The lowest BCUT2D eigenvalue weighted by molar-refractivity contribution is -0.120. The van der Waals surface area contributed by atoms with E-state index in [9.17, 15) is 4.79 Å². The number of nitriles is 1. The van der Waals surface area contributed by atoms with Crippen LogP contribution in [0, 0.1) is 11.3 Å². The van der Waals surface area contributed by atoms with E-state index in [4.69, 9.17) is 16.9 Å². The van der Waals surface area contributed by atoms with Crippen LogP contribution in [0.25, 0.3) is 0 Å². The molecule has 0 spiro atoms. The van der Waals surface area contributed by atoms with Gasteiger partial charge in [0.05, 0.1) is 17.8 Å². The summed E-state index contributed by atoms with van der Waals surface area (Å²) in [6.45, 7) is 3.99. The number of carbonyl (C=O) groups is 1. The van der Waals surface area contributed by atoms with Crippen molar-refractivity contribution in [3.63, 3.8) is 0 Å². The molecule has 4 nitrogen and oxygen atoms in total. The standard InChI is InChI=1S/C13H16ClN3O/c1-9(2)16-13(18)8-17(3)12-6-11(14)5-4-10(12)7-15/h4-6,9H,8H2,1-3H3,(H,16,18). The topological polar surface area (TPSA) is 56.1 Å². The van der Waals surface area contributed by atoms with E-state index in [1.165, 1.54) is 0 Å². The zero-order chi connectivity index (χ0) is 13.7. The molecule has 1 N–H and O–H groups in total. The molecule has 0 aliphatic heterocycles. The van der Waals surface area contributed by atoms with Crippen molar-refractivity contribution in [2.24, 2.45) is 0 Å². The number of hydrogen-bond acceptors (Lipinski definition) is 3. The number of likely N-dealkylation sites (N-methyl/N-ethyl adjacent to an activating group) is 1. The molecule has 0 saturated heterocycles. The van der Waals surface area contributed by atoms with Crippen molar-refractivity contribution in [3.8, 4) is 6.07 Å². The van der Waals surface area contributed by atoms with Gasteiger partial charge in [-0.05, 0) is 32.0 Å². The smallest absolute Gasteiger partial charge is 0.239 e. The van der Waals surface area contributed by atoms with Crippen LogP contribution in [0.4, 0.5) is 5.69 Å². The fourth-order valence-corrected chi connectivity index (χ4v) is 1.75. The lowest BCUT2D eigenvalue weighted by Gasteiger charge is -2.21. The quantitative estimate of drug-likeness (QED) is 0.908. The summed E-state index contributed by atoms with van der Waals surface area (Å²) in [6.07, 6.45) is 0. The Labute approximate surface area is 112 Å². The van der Waals surface area contributed by atoms with Crippen LogP contribution in [0.5, 0.6) is 0 Å². The van der Waals surface area contributed by atoms with E-state index in [0.717, 1.165) is 0 Å². The molecule has 0 atom stereocenters. The molecule has 1 amide bonds. The Hall–Kier alpha value is -1.73. The van der Waals surface area contributed by atoms with Crippen LogP contribution in [0.3, 0.4) is 0 Å². The molecule has 0 saturated carbocycles. The van der Waals surface area contributed by atoms with Crippen molar-refractivity contribution >= 4 is 23.2 Å². The first-order valence-corrected chi connectivity index (χ1v) is 6.02. The lowest BCUT2D eigenvalue weighted by atomic mass is 10.2. The van der Waals surface area contributed by atoms with Crippen molar-refractivity contribution in [2.75, 3.05) is 18.5 Å². The summed E-state index contributed by atoms with van der Waals surface area (Å²) in [5.41, 5.74) is 1.16. The predicted octanol–water partition coefficient (Wildman–Crippen LogP) is 2.17. The number of nitrogens with zero attached hydrogens (tertiary/aromatic N) is 2. The molecule has 0 aromatic heterocycles. The minimum Gasteiger partial charge on any atom is -0.364 e.